The van der Waals surface area contributed by atoms with Gasteiger partial charge in [0.2, 0.25) is 0 Å². The minimum absolute atomic E-state index is 0.210. The first-order valence-corrected chi connectivity index (χ1v) is 3.09. The molecule has 0 spiro atoms. The molecule has 0 radical (unpaired) electrons. The summed E-state index contributed by atoms with van der Waals surface area (Å²) < 4.78 is 0. The van der Waals surface area contributed by atoms with Crippen molar-refractivity contribution in [1.82, 2.24) is 0 Å². The number of benzene rings is 1. The number of hydrogen-bond acceptors (Lipinski definition) is 2. The van der Waals surface area contributed by atoms with E-state index in [0.29, 0.717) is 11.3 Å². The van der Waals surface area contributed by atoms with Crippen LogP contribution in [0.4, 0.5) is 5.69 Å². The summed E-state index contributed by atoms with van der Waals surface area (Å²) in [4.78, 5) is 2.62. The van der Waals surface area contributed by atoms with E-state index >= 15 is 0 Å². The van der Waals surface area contributed by atoms with Gasteiger partial charge in [-0.2, -0.15) is 0 Å². The Morgan fingerprint density at radius 2 is 2.27 bits per heavy atom. The van der Waals surface area contributed by atoms with Crippen molar-refractivity contribution in [1.29, 1.82) is 0 Å². The lowest BCUT2D eigenvalue weighted by molar-refractivity contribution is 0.471. The van der Waals surface area contributed by atoms with E-state index in [2.05, 4.69) is 10.0 Å². The Kier molecular flexibility index (Phi) is 1.99. The standard InChI is InChI=1S/C7H7N3O/c1-5-4-6(9-10-8)2-3-7(5)11/h2-4,11H,1H3. The van der Waals surface area contributed by atoms with E-state index in [1.165, 1.54) is 6.07 Å². The van der Waals surface area contributed by atoms with Gasteiger partial charge in [-0.05, 0) is 36.2 Å². The van der Waals surface area contributed by atoms with Crippen LogP contribution in [0.5, 0.6) is 5.75 Å². The topological polar surface area (TPSA) is 69.0 Å². The Labute approximate surface area is 63.7 Å². The lowest BCUT2D eigenvalue weighted by atomic mass is 10.2. The fourth-order valence-corrected chi connectivity index (χ4v) is 0.753. The second-order valence-corrected chi connectivity index (χ2v) is 2.16. The number of phenols is 1. The Morgan fingerprint density at radius 1 is 1.55 bits per heavy atom. The second-order valence-electron chi connectivity index (χ2n) is 2.16. The maximum absolute atomic E-state index is 9.08. The van der Waals surface area contributed by atoms with Crippen molar-refractivity contribution in [2.75, 3.05) is 0 Å². The number of aryl methyl sites for hydroxylation is 1. The van der Waals surface area contributed by atoms with Crippen LogP contribution < -0.4 is 0 Å². The maximum Gasteiger partial charge on any atom is 0.118 e. The predicted octanol–water partition coefficient (Wildman–Crippen LogP) is 2.64. The van der Waals surface area contributed by atoms with E-state index in [0.717, 1.165) is 0 Å². The van der Waals surface area contributed by atoms with Gasteiger partial charge in [0.1, 0.15) is 5.75 Å². The minimum Gasteiger partial charge on any atom is -0.508 e. The van der Waals surface area contributed by atoms with Gasteiger partial charge in [-0.1, -0.05) is 5.11 Å². The molecule has 4 nitrogen and oxygen atoms in total. The fourth-order valence-electron chi connectivity index (χ4n) is 0.753. The van der Waals surface area contributed by atoms with Crippen molar-refractivity contribution in [2.45, 2.75) is 6.92 Å². The normalized spacial score (nSPS) is 8.82. The summed E-state index contributed by atoms with van der Waals surface area (Å²) in [5, 5.41) is 12.5. The van der Waals surface area contributed by atoms with Crippen LogP contribution in [-0.2, 0) is 0 Å². The van der Waals surface area contributed by atoms with Crippen molar-refractivity contribution >= 4 is 5.69 Å². The summed E-state index contributed by atoms with van der Waals surface area (Å²) in [7, 11) is 0. The highest BCUT2D eigenvalue weighted by molar-refractivity contribution is 5.45. The maximum atomic E-state index is 9.08. The molecule has 0 saturated heterocycles. The molecule has 0 amide bonds. The van der Waals surface area contributed by atoms with Gasteiger partial charge >= 0.3 is 0 Å². The largest absolute Gasteiger partial charge is 0.508 e. The highest BCUT2D eigenvalue weighted by Crippen LogP contribution is 2.21. The van der Waals surface area contributed by atoms with E-state index in [9.17, 15) is 0 Å². The number of azide groups is 1. The van der Waals surface area contributed by atoms with Crippen molar-refractivity contribution < 1.29 is 5.11 Å². The summed E-state index contributed by atoms with van der Waals surface area (Å²) in [6, 6.07) is 4.68. The molecular weight excluding hydrogens is 142 g/mol. The molecule has 1 rings (SSSR count). The Hall–Kier alpha value is -1.67. The van der Waals surface area contributed by atoms with Crippen LogP contribution in [0.2, 0.25) is 0 Å². The highest BCUT2D eigenvalue weighted by Gasteiger charge is 1.94. The lowest BCUT2D eigenvalue weighted by Crippen LogP contribution is -1.71. The third-order valence-electron chi connectivity index (χ3n) is 1.34. The molecule has 0 bridgehead atoms. The molecule has 0 atom stereocenters. The van der Waals surface area contributed by atoms with Crippen molar-refractivity contribution in [3.8, 4) is 5.75 Å². The summed E-state index contributed by atoms with van der Waals surface area (Å²) in [6.45, 7) is 1.74. The van der Waals surface area contributed by atoms with Gasteiger partial charge in [0, 0.05) is 10.6 Å². The van der Waals surface area contributed by atoms with Crippen molar-refractivity contribution in [3.63, 3.8) is 0 Å². The van der Waals surface area contributed by atoms with Gasteiger partial charge in [-0.25, -0.2) is 0 Å². The molecule has 0 fully saturated rings. The fraction of sp³-hybridized carbons (Fsp3) is 0.143. The number of nitrogens with zero attached hydrogens (tertiary/aromatic N) is 3. The average molecular weight is 149 g/mol. The first-order chi connectivity index (χ1) is 5.24. The Morgan fingerprint density at radius 3 is 2.82 bits per heavy atom. The predicted molar refractivity (Wildman–Crippen MR) is 41.6 cm³/mol. The molecule has 0 aliphatic rings. The van der Waals surface area contributed by atoms with Gasteiger partial charge in [-0.15, -0.1) is 0 Å². The van der Waals surface area contributed by atoms with Crippen LogP contribution in [-0.4, -0.2) is 5.11 Å². The molecule has 1 aromatic rings. The number of hydrogen-bond donors (Lipinski definition) is 1. The SMILES string of the molecule is Cc1cc(N=[N+]=[N-])ccc1O. The Balaban J connectivity index is 3.14. The van der Waals surface area contributed by atoms with E-state index in [1.807, 2.05) is 0 Å². The first-order valence-electron chi connectivity index (χ1n) is 3.09. The summed E-state index contributed by atoms with van der Waals surface area (Å²) in [5.41, 5.74) is 9.30. The van der Waals surface area contributed by atoms with Gasteiger partial charge in [0.15, 0.2) is 0 Å². The number of aromatic hydroxyl groups is 1. The third kappa shape index (κ3) is 1.63. The molecule has 1 aromatic carbocycles. The summed E-state index contributed by atoms with van der Waals surface area (Å²) >= 11 is 0. The van der Waals surface area contributed by atoms with E-state index in [4.69, 9.17) is 10.6 Å². The molecule has 0 heterocycles. The molecule has 4 heteroatoms. The second kappa shape index (κ2) is 2.94. The summed E-state index contributed by atoms with van der Waals surface area (Å²) in [6.07, 6.45) is 0. The van der Waals surface area contributed by atoms with Crippen LogP contribution in [0.15, 0.2) is 23.3 Å². The van der Waals surface area contributed by atoms with Crippen LogP contribution in [0.25, 0.3) is 10.4 Å². The van der Waals surface area contributed by atoms with E-state index in [1.54, 1.807) is 19.1 Å². The minimum atomic E-state index is 0.210. The van der Waals surface area contributed by atoms with Gasteiger partial charge in [0.05, 0.1) is 0 Å². The Bertz CT molecular complexity index is 315. The highest BCUT2D eigenvalue weighted by atomic mass is 16.3. The van der Waals surface area contributed by atoms with Crippen LogP contribution >= 0.6 is 0 Å². The monoisotopic (exact) mass is 149 g/mol. The zero-order valence-corrected chi connectivity index (χ0v) is 6.02. The summed E-state index contributed by atoms with van der Waals surface area (Å²) in [5.74, 6) is 0.210. The van der Waals surface area contributed by atoms with E-state index in [-0.39, 0.29) is 5.75 Å². The third-order valence-corrected chi connectivity index (χ3v) is 1.34. The molecule has 0 aromatic heterocycles. The zero-order chi connectivity index (χ0) is 8.27. The van der Waals surface area contributed by atoms with Crippen LogP contribution in [0, 0.1) is 6.92 Å². The van der Waals surface area contributed by atoms with Gasteiger partial charge in [0.25, 0.3) is 0 Å². The molecule has 0 saturated carbocycles. The molecule has 56 valence electrons. The molecule has 0 aliphatic heterocycles. The van der Waals surface area contributed by atoms with Gasteiger partial charge < -0.3 is 5.11 Å². The molecule has 1 N–H and O–H groups in total. The lowest BCUT2D eigenvalue weighted by Gasteiger charge is -1.97. The molecule has 0 aliphatic carbocycles. The molecule has 0 unspecified atom stereocenters. The van der Waals surface area contributed by atoms with Crippen molar-refractivity contribution in [3.05, 3.63) is 34.2 Å². The van der Waals surface area contributed by atoms with Crippen LogP contribution in [0.3, 0.4) is 0 Å². The first kappa shape index (κ1) is 7.44. The number of rotatable bonds is 1. The average Bonchev–Trinajstić information content (AvgIpc) is 1.98. The van der Waals surface area contributed by atoms with Gasteiger partial charge in [-0.3, -0.25) is 0 Å². The molecule has 11 heavy (non-hydrogen) atoms. The van der Waals surface area contributed by atoms with Crippen LogP contribution in [0.1, 0.15) is 5.56 Å². The molecular formula is C7H7N3O. The van der Waals surface area contributed by atoms with E-state index < -0.39 is 0 Å². The number of phenolic OH excluding ortho intramolecular Hbond substituents is 1. The van der Waals surface area contributed by atoms with Crippen molar-refractivity contribution in [2.24, 2.45) is 5.11 Å². The quantitative estimate of drug-likeness (QED) is 0.372. The smallest absolute Gasteiger partial charge is 0.118 e. The zero-order valence-electron chi connectivity index (χ0n) is 6.02.